The van der Waals surface area contributed by atoms with Gasteiger partial charge in [0.2, 0.25) is 0 Å². The highest BCUT2D eigenvalue weighted by Gasteiger charge is 2.44. The molecular formula is C8H14O5. The summed E-state index contributed by atoms with van der Waals surface area (Å²) in [7, 11) is 0. The molecule has 0 bridgehead atoms. The Bertz CT molecular complexity index is 191. The highest BCUT2D eigenvalue weighted by Crippen LogP contribution is 2.29. The third-order valence-corrected chi connectivity index (χ3v) is 1.88. The predicted molar refractivity (Wildman–Crippen MR) is 43.0 cm³/mol. The monoisotopic (exact) mass is 190 g/mol. The minimum atomic E-state index is -1.25. The number of rotatable bonds is 3. The van der Waals surface area contributed by atoms with Gasteiger partial charge in [-0.1, -0.05) is 0 Å². The molecule has 76 valence electrons. The van der Waals surface area contributed by atoms with Crippen LogP contribution < -0.4 is 0 Å². The number of aldehydes is 1. The Labute approximate surface area is 76.3 Å². The molecule has 5 nitrogen and oxygen atoms in total. The van der Waals surface area contributed by atoms with Gasteiger partial charge in [-0.25, -0.2) is 0 Å². The van der Waals surface area contributed by atoms with Gasteiger partial charge in [-0.2, -0.15) is 0 Å². The van der Waals surface area contributed by atoms with Crippen molar-refractivity contribution in [1.82, 2.24) is 0 Å². The Morgan fingerprint density at radius 2 is 2.15 bits per heavy atom. The van der Waals surface area contributed by atoms with E-state index in [-0.39, 0.29) is 6.61 Å². The Morgan fingerprint density at radius 3 is 2.62 bits per heavy atom. The van der Waals surface area contributed by atoms with Gasteiger partial charge in [-0.15, -0.1) is 0 Å². The second-order valence-corrected chi connectivity index (χ2v) is 3.45. The average Bonchev–Trinajstić information content (AvgIpc) is 2.39. The van der Waals surface area contributed by atoms with E-state index in [0.717, 1.165) is 0 Å². The molecule has 2 N–H and O–H groups in total. The van der Waals surface area contributed by atoms with Crippen LogP contribution >= 0.6 is 0 Å². The molecule has 0 saturated carbocycles. The number of hydrogen-bond acceptors (Lipinski definition) is 5. The molecule has 13 heavy (non-hydrogen) atoms. The van der Waals surface area contributed by atoms with Gasteiger partial charge in [0, 0.05) is 0 Å². The Morgan fingerprint density at radius 1 is 1.54 bits per heavy atom. The van der Waals surface area contributed by atoms with Gasteiger partial charge in [0.05, 0.1) is 6.61 Å². The SMILES string of the molecule is CC1(C)OC(CO)C(C(O)C=O)O1. The first-order valence-corrected chi connectivity index (χ1v) is 4.10. The topological polar surface area (TPSA) is 76.0 Å². The first kappa shape index (κ1) is 10.6. The van der Waals surface area contributed by atoms with Crippen LogP contribution in [-0.2, 0) is 14.3 Å². The average molecular weight is 190 g/mol. The molecular weight excluding hydrogens is 176 g/mol. The van der Waals surface area contributed by atoms with Gasteiger partial charge in [-0.3, -0.25) is 0 Å². The van der Waals surface area contributed by atoms with Crippen LogP contribution in [0.3, 0.4) is 0 Å². The summed E-state index contributed by atoms with van der Waals surface area (Å²) in [6.07, 6.45) is -2.30. The van der Waals surface area contributed by atoms with E-state index in [2.05, 4.69) is 0 Å². The van der Waals surface area contributed by atoms with E-state index in [0.29, 0.717) is 6.29 Å². The fraction of sp³-hybridized carbons (Fsp3) is 0.875. The molecule has 1 aliphatic heterocycles. The van der Waals surface area contributed by atoms with E-state index in [1.807, 2.05) is 0 Å². The van der Waals surface area contributed by atoms with E-state index >= 15 is 0 Å². The third-order valence-electron chi connectivity index (χ3n) is 1.88. The zero-order valence-corrected chi connectivity index (χ0v) is 7.64. The van der Waals surface area contributed by atoms with Crippen LogP contribution in [0.5, 0.6) is 0 Å². The minimum Gasteiger partial charge on any atom is -0.394 e. The van der Waals surface area contributed by atoms with Crippen molar-refractivity contribution in [2.24, 2.45) is 0 Å². The summed E-state index contributed by atoms with van der Waals surface area (Å²) in [6, 6.07) is 0. The highest BCUT2D eigenvalue weighted by atomic mass is 16.8. The maximum atomic E-state index is 10.3. The lowest BCUT2D eigenvalue weighted by Crippen LogP contribution is -2.38. The van der Waals surface area contributed by atoms with Crippen LogP contribution in [0.25, 0.3) is 0 Å². The molecule has 1 rings (SSSR count). The number of aliphatic hydroxyl groups is 2. The van der Waals surface area contributed by atoms with Crippen molar-refractivity contribution in [3.8, 4) is 0 Å². The Balaban J connectivity index is 2.68. The molecule has 0 radical (unpaired) electrons. The van der Waals surface area contributed by atoms with Crippen LogP contribution in [0.1, 0.15) is 13.8 Å². The van der Waals surface area contributed by atoms with Gasteiger partial charge >= 0.3 is 0 Å². The van der Waals surface area contributed by atoms with Crippen molar-refractivity contribution in [2.75, 3.05) is 6.61 Å². The maximum Gasteiger partial charge on any atom is 0.164 e. The summed E-state index contributed by atoms with van der Waals surface area (Å²) in [4.78, 5) is 10.3. The van der Waals surface area contributed by atoms with Crippen molar-refractivity contribution in [3.63, 3.8) is 0 Å². The predicted octanol–water partition coefficient (Wildman–Crippen LogP) is -0.941. The van der Waals surface area contributed by atoms with Crippen LogP contribution in [-0.4, -0.2) is 47.2 Å². The molecule has 0 aromatic heterocycles. The van der Waals surface area contributed by atoms with Gasteiger partial charge in [0.25, 0.3) is 0 Å². The van der Waals surface area contributed by atoms with Crippen LogP contribution in [0.4, 0.5) is 0 Å². The highest BCUT2D eigenvalue weighted by molar-refractivity contribution is 5.56. The number of ether oxygens (including phenoxy) is 2. The molecule has 1 saturated heterocycles. The van der Waals surface area contributed by atoms with Crippen LogP contribution in [0.2, 0.25) is 0 Å². The largest absolute Gasteiger partial charge is 0.394 e. The van der Waals surface area contributed by atoms with Crippen molar-refractivity contribution < 1.29 is 24.5 Å². The smallest absolute Gasteiger partial charge is 0.164 e. The maximum absolute atomic E-state index is 10.3. The van der Waals surface area contributed by atoms with Gasteiger partial charge in [0.15, 0.2) is 12.1 Å². The second kappa shape index (κ2) is 3.71. The normalized spacial score (nSPS) is 34.5. The quantitative estimate of drug-likeness (QED) is 0.562. The number of carbonyl (C=O) groups excluding carboxylic acids is 1. The van der Waals surface area contributed by atoms with Gasteiger partial charge in [0.1, 0.15) is 18.3 Å². The van der Waals surface area contributed by atoms with Crippen molar-refractivity contribution in [3.05, 3.63) is 0 Å². The summed E-state index contributed by atoms with van der Waals surface area (Å²) in [6.45, 7) is 3.04. The van der Waals surface area contributed by atoms with Crippen molar-refractivity contribution >= 4 is 6.29 Å². The summed E-state index contributed by atoms with van der Waals surface area (Å²) >= 11 is 0. The van der Waals surface area contributed by atoms with Crippen molar-refractivity contribution in [2.45, 2.75) is 37.9 Å². The molecule has 3 unspecified atom stereocenters. The number of carbonyl (C=O) groups is 1. The van der Waals surface area contributed by atoms with Gasteiger partial charge in [-0.05, 0) is 13.8 Å². The minimum absolute atomic E-state index is 0.279. The molecule has 3 atom stereocenters. The zero-order valence-electron chi connectivity index (χ0n) is 7.64. The fourth-order valence-electron chi connectivity index (χ4n) is 1.37. The van der Waals surface area contributed by atoms with Crippen LogP contribution in [0.15, 0.2) is 0 Å². The van der Waals surface area contributed by atoms with E-state index in [9.17, 15) is 9.90 Å². The Kier molecular flexibility index (Phi) is 3.02. The number of hydrogen-bond donors (Lipinski definition) is 2. The standard InChI is InChI=1S/C8H14O5/c1-8(2)12-6(4-10)7(13-8)5(11)3-9/h3,5-7,10-11H,4H2,1-2H3. The Hall–Kier alpha value is -0.490. The lowest BCUT2D eigenvalue weighted by atomic mass is 10.1. The van der Waals surface area contributed by atoms with E-state index < -0.39 is 24.1 Å². The fourth-order valence-corrected chi connectivity index (χ4v) is 1.37. The lowest BCUT2D eigenvalue weighted by Gasteiger charge is -2.17. The van der Waals surface area contributed by atoms with E-state index in [1.54, 1.807) is 13.8 Å². The molecule has 0 aliphatic carbocycles. The first-order valence-electron chi connectivity index (χ1n) is 4.10. The summed E-state index contributed by atoms with van der Waals surface area (Å²) in [5.41, 5.74) is 0. The molecule has 1 fully saturated rings. The molecule has 5 heteroatoms. The molecule has 1 aliphatic rings. The molecule has 0 aromatic carbocycles. The molecule has 0 amide bonds. The second-order valence-electron chi connectivity index (χ2n) is 3.45. The molecule has 1 heterocycles. The molecule has 0 aromatic rings. The molecule has 0 spiro atoms. The van der Waals surface area contributed by atoms with Crippen molar-refractivity contribution in [1.29, 1.82) is 0 Å². The zero-order chi connectivity index (χ0) is 10.1. The summed E-state index contributed by atoms with van der Waals surface area (Å²) in [5, 5.41) is 18.1. The first-order chi connectivity index (χ1) is 6.00. The number of aliphatic hydroxyl groups excluding tert-OH is 2. The van der Waals surface area contributed by atoms with Crippen LogP contribution in [0, 0.1) is 0 Å². The van der Waals surface area contributed by atoms with E-state index in [4.69, 9.17) is 14.6 Å². The lowest BCUT2D eigenvalue weighted by molar-refractivity contribution is -0.157. The summed E-state index contributed by atoms with van der Waals surface area (Å²) < 4.78 is 10.5. The third kappa shape index (κ3) is 2.25. The van der Waals surface area contributed by atoms with E-state index in [1.165, 1.54) is 0 Å². The summed E-state index contributed by atoms with van der Waals surface area (Å²) in [5.74, 6) is -0.859. The van der Waals surface area contributed by atoms with Gasteiger partial charge < -0.3 is 24.5 Å².